The highest BCUT2D eigenvalue weighted by Crippen LogP contribution is 2.41. The summed E-state index contributed by atoms with van der Waals surface area (Å²) < 4.78 is 13.5. The maximum atomic E-state index is 13.5. The van der Waals surface area contributed by atoms with E-state index in [0.29, 0.717) is 17.8 Å². The molecule has 0 unspecified atom stereocenters. The summed E-state index contributed by atoms with van der Waals surface area (Å²) in [6.45, 7) is 0.520. The van der Waals surface area contributed by atoms with Crippen molar-refractivity contribution in [3.8, 4) is 10.4 Å². The molecule has 0 saturated carbocycles. The van der Waals surface area contributed by atoms with Gasteiger partial charge in [0.2, 0.25) is 0 Å². The average molecular weight is 511 g/mol. The summed E-state index contributed by atoms with van der Waals surface area (Å²) in [4.78, 5) is 28.9. The molecule has 1 N–H and O–H groups in total. The highest BCUT2D eigenvalue weighted by molar-refractivity contribution is 7.14. The molecule has 0 radical (unpaired) electrons. The van der Waals surface area contributed by atoms with Crippen LogP contribution in [0.4, 0.5) is 15.8 Å². The van der Waals surface area contributed by atoms with Crippen LogP contribution in [0, 0.1) is 5.82 Å². The Kier molecular flexibility index (Phi) is 6.13. The maximum absolute atomic E-state index is 13.5. The lowest BCUT2D eigenvalue weighted by Crippen LogP contribution is -2.32. The van der Waals surface area contributed by atoms with Gasteiger partial charge in [-0.2, -0.15) is 0 Å². The molecule has 0 aliphatic carbocycles. The van der Waals surface area contributed by atoms with Crippen LogP contribution in [0.1, 0.15) is 26.3 Å². The van der Waals surface area contributed by atoms with Crippen molar-refractivity contribution in [1.82, 2.24) is 0 Å². The summed E-state index contributed by atoms with van der Waals surface area (Å²) in [5.74, 6) is -1.36. The molecule has 0 atom stereocenters. The van der Waals surface area contributed by atoms with E-state index in [4.69, 9.17) is 23.2 Å². The molecule has 34 heavy (non-hydrogen) atoms. The fourth-order valence-electron chi connectivity index (χ4n) is 4.02. The summed E-state index contributed by atoms with van der Waals surface area (Å²) in [5.41, 5.74) is 3.89. The van der Waals surface area contributed by atoms with Crippen molar-refractivity contribution in [1.29, 1.82) is 0 Å². The minimum Gasteiger partial charge on any atom is -0.322 e. The van der Waals surface area contributed by atoms with Gasteiger partial charge in [-0.25, -0.2) is 4.39 Å². The number of anilines is 2. The van der Waals surface area contributed by atoms with Gasteiger partial charge >= 0.3 is 0 Å². The van der Waals surface area contributed by atoms with Gasteiger partial charge in [0.25, 0.3) is 11.8 Å². The predicted molar refractivity (Wildman–Crippen MR) is 136 cm³/mol. The molecule has 1 aliphatic heterocycles. The first-order chi connectivity index (χ1) is 16.4. The van der Waals surface area contributed by atoms with E-state index in [-0.39, 0.29) is 21.5 Å². The van der Waals surface area contributed by atoms with Gasteiger partial charge in [0.1, 0.15) is 5.82 Å². The van der Waals surface area contributed by atoms with Crippen LogP contribution in [-0.2, 0) is 6.42 Å². The van der Waals surface area contributed by atoms with E-state index in [1.807, 2.05) is 23.6 Å². The molecule has 0 bridgehead atoms. The van der Waals surface area contributed by atoms with Crippen LogP contribution in [-0.4, -0.2) is 18.4 Å². The van der Waals surface area contributed by atoms with Crippen LogP contribution >= 0.6 is 34.5 Å². The van der Waals surface area contributed by atoms with Gasteiger partial charge in [0.05, 0.1) is 31.7 Å². The smallest absolute Gasteiger partial charge is 0.259 e. The third-order valence-electron chi connectivity index (χ3n) is 5.68. The minimum atomic E-state index is -0.576. The Balaban J connectivity index is 1.41. The molecule has 4 nitrogen and oxygen atoms in total. The molecule has 0 fully saturated rings. The van der Waals surface area contributed by atoms with Crippen molar-refractivity contribution >= 4 is 57.7 Å². The summed E-state index contributed by atoms with van der Waals surface area (Å²) in [7, 11) is 0. The quantitative estimate of drug-likeness (QED) is 0.314. The number of nitrogens with one attached hydrogen (secondary N) is 1. The van der Waals surface area contributed by atoms with E-state index >= 15 is 0 Å². The number of nitrogens with zero attached hydrogens (tertiary/aromatic N) is 1. The van der Waals surface area contributed by atoms with Crippen molar-refractivity contribution in [2.75, 3.05) is 16.8 Å². The van der Waals surface area contributed by atoms with Crippen LogP contribution in [0.25, 0.3) is 10.4 Å². The lowest BCUT2D eigenvalue weighted by Gasteiger charge is -2.22. The standard InChI is InChI=1S/C26H17Cl2FN2O2S/c27-21-8-5-16(29)13-20(21)25(32)30-17-6-7-19(22(28)14-17)26(33)31-11-9-15-3-1-2-4-18(15)24-23(31)10-12-34-24/h1-8,10,12-14H,9,11H2,(H,30,32). The number of carbonyl (C=O) groups is 2. The third kappa shape index (κ3) is 4.20. The van der Waals surface area contributed by atoms with Gasteiger partial charge in [0, 0.05) is 12.2 Å². The molecule has 0 spiro atoms. The number of hydrogen-bond acceptors (Lipinski definition) is 3. The first-order valence-corrected chi connectivity index (χ1v) is 12.1. The highest BCUT2D eigenvalue weighted by atomic mass is 35.5. The van der Waals surface area contributed by atoms with Crippen molar-refractivity contribution < 1.29 is 14.0 Å². The average Bonchev–Trinajstić information content (AvgIpc) is 3.24. The van der Waals surface area contributed by atoms with Crippen LogP contribution < -0.4 is 10.2 Å². The molecule has 170 valence electrons. The van der Waals surface area contributed by atoms with Crippen LogP contribution in [0.3, 0.4) is 0 Å². The summed E-state index contributed by atoms with van der Waals surface area (Å²) in [6.07, 6.45) is 0.726. The topological polar surface area (TPSA) is 49.4 Å². The zero-order valence-electron chi connectivity index (χ0n) is 17.6. The molecule has 4 aromatic rings. The lowest BCUT2D eigenvalue weighted by molar-refractivity contribution is 0.0986. The summed E-state index contributed by atoms with van der Waals surface area (Å²) >= 11 is 14.1. The SMILES string of the molecule is O=C(Nc1ccc(C(=O)N2CCc3ccccc3-c3sccc32)c(Cl)c1)c1cc(F)ccc1Cl. The Morgan fingerprint density at radius 3 is 2.59 bits per heavy atom. The molecule has 8 heteroatoms. The number of halogens is 3. The number of amides is 2. The largest absolute Gasteiger partial charge is 0.322 e. The van der Waals surface area contributed by atoms with Gasteiger partial charge in [-0.3, -0.25) is 9.59 Å². The Morgan fingerprint density at radius 1 is 0.941 bits per heavy atom. The zero-order valence-corrected chi connectivity index (χ0v) is 20.0. The molecular formula is C26H17Cl2FN2O2S. The van der Waals surface area contributed by atoms with Crippen LogP contribution in [0.5, 0.6) is 0 Å². The second kappa shape index (κ2) is 9.22. The number of fused-ring (bicyclic) bond motifs is 3. The number of thiophene rings is 1. The second-order valence-electron chi connectivity index (χ2n) is 7.77. The molecule has 1 aromatic heterocycles. The van der Waals surface area contributed by atoms with Crippen molar-refractivity contribution in [2.45, 2.75) is 6.42 Å². The number of carbonyl (C=O) groups excluding carboxylic acids is 2. The van der Waals surface area contributed by atoms with Gasteiger partial charge in [-0.05, 0) is 65.4 Å². The first kappa shape index (κ1) is 22.6. The van der Waals surface area contributed by atoms with Crippen LogP contribution in [0.15, 0.2) is 72.1 Å². The molecular weight excluding hydrogens is 494 g/mol. The predicted octanol–water partition coefficient (Wildman–Crippen LogP) is 7.32. The first-order valence-electron chi connectivity index (χ1n) is 10.5. The van der Waals surface area contributed by atoms with Crippen molar-refractivity contribution in [3.05, 3.63) is 105 Å². The van der Waals surface area contributed by atoms with Crippen molar-refractivity contribution in [3.63, 3.8) is 0 Å². The van der Waals surface area contributed by atoms with Gasteiger partial charge in [0.15, 0.2) is 0 Å². The van der Waals surface area contributed by atoms with Gasteiger partial charge < -0.3 is 10.2 Å². The number of hydrogen-bond donors (Lipinski definition) is 1. The maximum Gasteiger partial charge on any atom is 0.259 e. The fraction of sp³-hybridized carbons (Fsp3) is 0.0769. The molecule has 2 heterocycles. The molecule has 0 saturated heterocycles. The Hall–Kier alpha value is -3.19. The summed E-state index contributed by atoms with van der Waals surface area (Å²) in [6, 6.07) is 18.3. The zero-order chi connectivity index (χ0) is 23.8. The Labute approximate surface area is 209 Å². The van der Waals surface area contributed by atoms with E-state index in [0.717, 1.165) is 28.6 Å². The minimum absolute atomic E-state index is 0.00654. The monoisotopic (exact) mass is 510 g/mol. The van der Waals surface area contributed by atoms with E-state index < -0.39 is 11.7 Å². The Bertz CT molecular complexity index is 1440. The van der Waals surface area contributed by atoms with Crippen LogP contribution in [0.2, 0.25) is 10.0 Å². The molecule has 3 aromatic carbocycles. The third-order valence-corrected chi connectivity index (χ3v) is 7.26. The van der Waals surface area contributed by atoms with Gasteiger partial charge in [-0.1, -0.05) is 47.5 Å². The lowest BCUT2D eigenvalue weighted by atomic mass is 10.0. The van der Waals surface area contributed by atoms with E-state index in [1.54, 1.807) is 28.4 Å². The number of rotatable bonds is 3. The summed E-state index contributed by atoms with van der Waals surface area (Å²) in [5, 5.41) is 4.96. The molecule has 2 amide bonds. The van der Waals surface area contributed by atoms with Crippen molar-refractivity contribution in [2.24, 2.45) is 0 Å². The molecule has 1 aliphatic rings. The Morgan fingerprint density at radius 2 is 1.76 bits per heavy atom. The highest BCUT2D eigenvalue weighted by Gasteiger charge is 2.27. The fourth-order valence-corrected chi connectivity index (χ4v) is 5.44. The number of benzene rings is 3. The second-order valence-corrected chi connectivity index (χ2v) is 9.50. The van der Waals surface area contributed by atoms with E-state index in [1.165, 1.54) is 23.8 Å². The van der Waals surface area contributed by atoms with Gasteiger partial charge in [-0.15, -0.1) is 11.3 Å². The normalized spacial score (nSPS) is 12.5. The van der Waals surface area contributed by atoms with E-state index in [9.17, 15) is 14.0 Å². The molecule has 5 rings (SSSR count). The van der Waals surface area contributed by atoms with E-state index in [2.05, 4.69) is 17.4 Å².